The highest BCUT2D eigenvalue weighted by Crippen LogP contribution is 1.98. The fourth-order valence-corrected chi connectivity index (χ4v) is 1.28. The van der Waals surface area contributed by atoms with Crippen LogP contribution in [0.25, 0.3) is 0 Å². The zero-order valence-corrected chi connectivity index (χ0v) is 8.87. The Hall–Kier alpha value is -1.24. The van der Waals surface area contributed by atoms with Gasteiger partial charge in [0, 0.05) is 6.54 Å². The highest BCUT2D eigenvalue weighted by Gasteiger charge is 1.87. The summed E-state index contributed by atoms with van der Waals surface area (Å²) in [5.74, 6) is 0. The van der Waals surface area contributed by atoms with Crippen LogP contribution < -0.4 is 5.32 Å². The quantitative estimate of drug-likeness (QED) is 0.678. The Balaban J connectivity index is 2.10. The van der Waals surface area contributed by atoms with Crippen LogP contribution in [-0.2, 0) is 6.42 Å². The molecular formula is C13H19N. The third-order valence-corrected chi connectivity index (χ3v) is 2.09. The lowest BCUT2D eigenvalue weighted by Gasteiger charge is -2.00. The molecule has 0 saturated heterocycles. The average Bonchev–Trinajstić information content (AvgIpc) is 2.25. The highest BCUT2D eigenvalue weighted by molar-refractivity contribution is 5.14. The lowest BCUT2D eigenvalue weighted by molar-refractivity contribution is 0.823. The van der Waals surface area contributed by atoms with Crippen LogP contribution in [-0.4, -0.2) is 6.54 Å². The second-order valence-electron chi connectivity index (χ2n) is 3.38. The second-order valence-corrected chi connectivity index (χ2v) is 3.38. The summed E-state index contributed by atoms with van der Waals surface area (Å²) in [7, 11) is 0. The van der Waals surface area contributed by atoms with Crippen LogP contribution >= 0.6 is 0 Å². The molecule has 1 rings (SSSR count). The second kappa shape index (κ2) is 7.19. The molecule has 1 nitrogen and oxygen atoms in total. The van der Waals surface area contributed by atoms with Gasteiger partial charge < -0.3 is 5.32 Å². The molecule has 0 unspecified atom stereocenters. The zero-order chi connectivity index (χ0) is 10.1. The van der Waals surface area contributed by atoms with Gasteiger partial charge in [0.15, 0.2) is 0 Å². The Bertz CT molecular complexity index is 251. The van der Waals surface area contributed by atoms with Gasteiger partial charge in [-0.1, -0.05) is 49.8 Å². The zero-order valence-electron chi connectivity index (χ0n) is 8.87. The van der Waals surface area contributed by atoms with Crippen molar-refractivity contribution in [2.45, 2.75) is 26.2 Å². The van der Waals surface area contributed by atoms with Gasteiger partial charge in [-0.25, -0.2) is 0 Å². The van der Waals surface area contributed by atoms with Crippen LogP contribution in [0.5, 0.6) is 0 Å². The molecule has 0 aliphatic rings. The molecule has 0 radical (unpaired) electrons. The summed E-state index contributed by atoms with van der Waals surface area (Å²) in [6.07, 6.45) is 7.73. The van der Waals surface area contributed by atoms with E-state index >= 15 is 0 Å². The van der Waals surface area contributed by atoms with Gasteiger partial charge in [0.1, 0.15) is 0 Å². The molecule has 0 amide bonds. The number of benzene rings is 1. The topological polar surface area (TPSA) is 12.0 Å². The number of rotatable bonds is 6. The van der Waals surface area contributed by atoms with E-state index in [0.717, 1.165) is 13.0 Å². The van der Waals surface area contributed by atoms with Crippen molar-refractivity contribution in [2.24, 2.45) is 0 Å². The van der Waals surface area contributed by atoms with Crippen molar-refractivity contribution in [1.29, 1.82) is 0 Å². The average molecular weight is 189 g/mol. The summed E-state index contributed by atoms with van der Waals surface area (Å²) in [5, 5.41) is 3.29. The van der Waals surface area contributed by atoms with Gasteiger partial charge >= 0.3 is 0 Å². The molecule has 1 aromatic rings. The van der Waals surface area contributed by atoms with Crippen LogP contribution in [0.3, 0.4) is 0 Å². The number of unbranched alkanes of at least 4 members (excludes halogenated alkanes) is 1. The van der Waals surface area contributed by atoms with Crippen molar-refractivity contribution in [3.63, 3.8) is 0 Å². The SMILES string of the molecule is CCCC=CNCCc1ccccc1. The summed E-state index contributed by atoms with van der Waals surface area (Å²) in [4.78, 5) is 0. The molecule has 0 bridgehead atoms. The van der Waals surface area contributed by atoms with Gasteiger partial charge in [0.05, 0.1) is 0 Å². The summed E-state index contributed by atoms with van der Waals surface area (Å²) < 4.78 is 0. The number of hydrogen-bond acceptors (Lipinski definition) is 1. The monoisotopic (exact) mass is 189 g/mol. The van der Waals surface area contributed by atoms with Crippen molar-refractivity contribution < 1.29 is 0 Å². The van der Waals surface area contributed by atoms with E-state index in [4.69, 9.17) is 0 Å². The van der Waals surface area contributed by atoms with E-state index in [0.29, 0.717) is 0 Å². The fourth-order valence-electron chi connectivity index (χ4n) is 1.28. The van der Waals surface area contributed by atoms with Crippen molar-refractivity contribution in [2.75, 3.05) is 6.54 Å². The lowest BCUT2D eigenvalue weighted by Crippen LogP contribution is -2.09. The van der Waals surface area contributed by atoms with E-state index < -0.39 is 0 Å². The third-order valence-electron chi connectivity index (χ3n) is 2.09. The Morgan fingerprint density at radius 1 is 1.21 bits per heavy atom. The Morgan fingerprint density at radius 2 is 2.00 bits per heavy atom. The molecule has 76 valence electrons. The first kappa shape index (κ1) is 10.8. The molecule has 0 atom stereocenters. The van der Waals surface area contributed by atoms with Gasteiger partial charge in [0.2, 0.25) is 0 Å². The molecule has 1 heteroatoms. The summed E-state index contributed by atoms with van der Waals surface area (Å²) >= 11 is 0. The molecule has 0 aliphatic carbocycles. The number of hydrogen-bond donors (Lipinski definition) is 1. The first-order valence-electron chi connectivity index (χ1n) is 5.36. The standard InChI is InChI=1S/C13H19N/c1-2-3-7-11-14-12-10-13-8-5-4-6-9-13/h4-9,11,14H,2-3,10,12H2,1H3. The van der Waals surface area contributed by atoms with Crippen molar-refractivity contribution >= 4 is 0 Å². The molecule has 1 aromatic carbocycles. The van der Waals surface area contributed by atoms with Crippen LogP contribution in [0.1, 0.15) is 25.3 Å². The third kappa shape index (κ3) is 4.70. The molecule has 0 saturated carbocycles. The van der Waals surface area contributed by atoms with Crippen molar-refractivity contribution in [3.05, 3.63) is 48.2 Å². The van der Waals surface area contributed by atoms with Crippen LogP contribution in [0.15, 0.2) is 42.6 Å². The summed E-state index contributed by atoms with van der Waals surface area (Å²) in [6.45, 7) is 3.21. The fraction of sp³-hybridized carbons (Fsp3) is 0.385. The van der Waals surface area contributed by atoms with Gasteiger partial charge in [-0.15, -0.1) is 0 Å². The van der Waals surface area contributed by atoms with Gasteiger partial charge in [-0.05, 0) is 24.6 Å². The van der Waals surface area contributed by atoms with E-state index in [2.05, 4.69) is 54.8 Å². The predicted octanol–water partition coefficient (Wildman–Crippen LogP) is 3.13. The first-order valence-corrected chi connectivity index (χ1v) is 5.36. The first-order chi connectivity index (χ1) is 6.93. The highest BCUT2D eigenvalue weighted by atomic mass is 14.8. The maximum absolute atomic E-state index is 3.29. The largest absolute Gasteiger partial charge is 0.391 e. The summed E-state index contributed by atoms with van der Waals surface area (Å²) in [6, 6.07) is 10.6. The maximum Gasteiger partial charge on any atom is 0.0181 e. The molecule has 0 aromatic heterocycles. The molecule has 14 heavy (non-hydrogen) atoms. The minimum Gasteiger partial charge on any atom is -0.391 e. The van der Waals surface area contributed by atoms with Crippen LogP contribution in [0, 0.1) is 0 Å². The predicted molar refractivity (Wildman–Crippen MR) is 62.2 cm³/mol. The van der Waals surface area contributed by atoms with Crippen LogP contribution in [0.2, 0.25) is 0 Å². The van der Waals surface area contributed by atoms with E-state index in [-0.39, 0.29) is 0 Å². The minimum absolute atomic E-state index is 1.02. The molecule has 0 fully saturated rings. The molecule has 0 heterocycles. The van der Waals surface area contributed by atoms with Crippen molar-refractivity contribution in [1.82, 2.24) is 5.32 Å². The number of allylic oxidation sites excluding steroid dienone is 1. The Labute approximate surface area is 86.8 Å². The minimum atomic E-state index is 1.02. The Morgan fingerprint density at radius 3 is 2.71 bits per heavy atom. The van der Waals surface area contributed by atoms with E-state index in [9.17, 15) is 0 Å². The smallest absolute Gasteiger partial charge is 0.0181 e. The summed E-state index contributed by atoms with van der Waals surface area (Å²) in [5.41, 5.74) is 1.39. The molecule has 0 aliphatic heterocycles. The van der Waals surface area contributed by atoms with E-state index in [1.54, 1.807) is 0 Å². The molecule has 0 spiro atoms. The maximum atomic E-state index is 3.29. The van der Waals surface area contributed by atoms with Crippen molar-refractivity contribution in [3.8, 4) is 0 Å². The molecule has 1 N–H and O–H groups in total. The van der Waals surface area contributed by atoms with E-state index in [1.165, 1.54) is 18.4 Å². The van der Waals surface area contributed by atoms with Gasteiger partial charge in [0.25, 0.3) is 0 Å². The number of nitrogens with one attached hydrogen (secondary N) is 1. The van der Waals surface area contributed by atoms with E-state index in [1.807, 2.05) is 0 Å². The van der Waals surface area contributed by atoms with Crippen LogP contribution in [0.4, 0.5) is 0 Å². The Kier molecular flexibility index (Phi) is 5.57. The molecular weight excluding hydrogens is 170 g/mol. The lowest BCUT2D eigenvalue weighted by atomic mass is 10.1. The normalized spacial score (nSPS) is 10.6. The van der Waals surface area contributed by atoms with Gasteiger partial charge in [-0.3, -0.25) is 0 Å². The van der Waals surface area contributed by atoms with Gasteiger partial charge in [-0.2, -0.15) is 0 Å².